The molecule has 0 aliphatic carbocycles. The molecular formula is C9H8BrClN4S. The minimum atomic E-state index is 0.401. The highest BCUT2D eigenvalue weighted by Crippen LogP contribution is 2.26. The van der Waals surface area contributed by atoms with E-state index in [4.69, 9.17) is 11.6 Å². The summed E-state index contributed by atoms with van der Waals surface area (Å²) in [5.74, 6) is 0.688. The van der Waals surface area contributed by atoms with E-state index in [1.807, 2.05) is 12.4 Å². The third-order valence-corrected chi connectivity index (χ3v) is 4.21. The standard InChI is InChI=1S/C9H8BrClN4S/c1-5-6(16-4-15-5)2-12-9-7(10)8(11)13-3-14-9/h3-4H,2H2,1H3,(H,12,13,14). The van der Waals surface area contributed by atoms with E-state index in [0.717, 1.165) is 5.69 Å². The van der Waals surface area contributed by atoms with Crippen LogP contribution in [0.15, 0.2) is 16.3 Å². The molecule has 0 radical (unpaired) electrons. The smallest absolute Gasteiger partial charge is 0.148 e. The summed E-state index contributed by atoms with van der Waals surface area (Å²) >= 11 is 10.8. The maximum absolute atomic E-state index is 5.86. The van der Waals surface area contributed by atoms with E-state index in [2.05, 4.69) is 36.2 Å². The maximum atomic E-state index is 5.86. The molecule has 0 atom stereocenters. The zero-order chi connectivity index (χ0) is 11.5. The van der Waals surface area contributed by atoms with Crippen LogP contribution >= 0.6 is 38.9 Å². The van der Waals surface area contributed by atoms with Crippen molar-refractivity contribution < 1.29 is 0 Å². The molecule has 7 heteroatoms. The van der Waals surface area contributed by atoms with Gasteiger partial charge in [-0.1, -0.05) is 11.6 Å². The molecule has 0 aliphatic heterocycles. The van der Waals surface area contributed by atoms with E-state index in [1.54, 1.807) is 11.3 Å². The van der Waals surface area contributed by atoms with Gasteiger partial charge in [-0.15, -0.1) is 11.3 Å². The number of hydrogen-bond donors (Lipinski definition) is 1. The van der Waals surface area contributed by atoms with Crippen molar-refractivity contribution in [1.29, 1.82) is 0 Å². The monoisotopic (exact) mass is 318 g/mol. The highest BCUT2D eigenvalue weighted by molar-refractivity contribution is 9.10. The van der Waals surface area contributed by atoms with Gasteiger partial charge in [-0.3, -0.25) is 0 Å². The second-order valence-electron chi connectivity index (χ2n) is 3.04. The van der Waals surface area contributed by atoms with Crippen LogP contribution in [0.2, 0.25) is 5.15 Å². The average Bonchev–Trinajstić information content (AvgIpc) is 2.67. The van der Waals surface area contributed by atoms with Crippen molar-refractivity contribution >= 4 is 44.7 Å². The normalized spacial score (nSPS) is 10.4. The average molecular weight is 320 g/mol. The van der Waals surface area contributed by atoms with E-state index >= 15 is 0 Å². The Morgan fingerprint density at radius 3 is 2.94 bits per heavy atom. The van der Waals surface area contributed by atoms with Gasteiger partial charge in [0.05, 0.1) is 22.2 Å². The van der Waals surface area contributed by atoms with E-state index in [9.17, 15) is 0 Å². The van der Waals surface area contributed by atoms with Gasteiger partial charge in [0.1, 0.15) is 17.3 Å². The van der Waals surface area contributed by atoms with Gasteiger partial charge in [0, 0.05) is 4.88 Å². The lowest BCUT2D eigenvalue weighted by Gasteiger charge is -2.06. The molecule has 4 nitrogen and oxygen atoms in total. The molecule has 0 spiro atoms. The Morgan fingerprint density at radius 2 is 2.25 bits per heavy atom. The molecule has 0 unspecified atom stereocenters. The first-order valence-corrected chi connectivity index (χ1v) is 6.52. The fourth-order valence-electron chi connectivity index (χ4n) is 1.13. The predicted molar refractivity (Wildman–Crippen MR) is 68.9 cm³/mol. The molecule has 0 amide bonds. The predicted octanol–water partition coefficient (Wildman–Crippen LogP) is 3.27. The molecule has 0 fully saturated rings. The third kappa shape index (κ3) is 2.50. The van der Waals surface area contributed by atoms with Crippen molar-refractivity contribution in [3.63, 3.8) is 0 Å². The van der Waals surface area contributed by atoms with Crippen LogP contribution in [-0.4, -0.2) is 15.0 Å². The van der Waals surface area contributed by atoms with E-state index in [-0.39, 0.29) is 0 Å². The zero-order valence-corrected chi connectivity index (χ0v) is 11.5. The molecule has 0 aliphatic rings. The quantitative estimate of drug-likeness (QED) is 0.882. The summed E-state index contributed by atoms with van der Waals surface area (Å²) in [6, 6.07) is 0. The van der Waals surface area contributed by atoms with Crippen molar-refractivity contribution in [2.45, 2.75) is 13.5 Å². The van der Waals surface area contributed by atoms with Crippen LogP contribution in [0.3, 0.4) is 0 Å². The molecule has 1 N–H and O–H groups in total. The minimum Gasteiger partial charge on any atom is -0.364 e. The summed E-state index contributed by atoms with van der Waals surface area (Å²) in [5.41, 5.74) is 2.86. The summed E-state index contributed by atoms with van der Waals surface area (Å²) in [4.78, 5) is 13.3. The molecule has 2 heterocycles. The fourth-order valence-corrected chi connectivity index (χ4v) is 2.33. The highest BCUT2D eigenvalue weighted by Gasteiger charge is 2.07. The van der Waals surface area contributed by atoms with Gasteiger partial charge in [-0.25, -0.2) is 15.0 Å². The highest BCUT2D eigenvalue weighted by atomic mass is 79.9. The number of halogens is 2. The fraction of sp³-hybridized carbons (Fsp3) is 0.222. The number of aryl methyl sites for hydroxylation is 1. The van der Waals surface area contributed by atoms with Crippen molar-refractivity contribution in [3.8, 4) is 0 Å². The van der Waals surface area contributed by atoms with Crippen LogP contribution in [0.1, 0.15) is 10.6 Å². The maximum Gasteiger partial charge on any atom is 0.148 e. The largest absolute Gasteiger partial charge is 0.364 e. The van der Waals surface area contributed by atoms with Crippen LogP contribution in [-0.2, 0) is 6.54 Å². The van der Waals surface area contributed by atoms with Crippen molar-refractivity contribution in [3.05, 3.63) is 32.0 Å². The molecule has 0 aromatic carbocycles. The first-order valence-electron chi connectivity index (χ1n) is 4.47. The summed E-state index contributed by atoms with van der Waals surface area (Å²) < 4.78 is 0.679. The Bertz CT molecular complexity index is 502. The Balaban J connectivity index is 2.11. The summed E-state index contributed by atoms with van der Waals surface area (Å²) in [6.07, 6.45) is 1.43. The van der Waals surface area contributed by atoms with Gasteiger partial charge in [0.15, 0.2) is 0 Å². The number of anilines is 1. The second kappa shape index (κ2) is 5.07. The molecule has 0 bridgehead atoms. The number of nitrogens with one attached hydrogen (secondary N) is 1. The number of nitrogens with zero attached hydrogens (tertiary/aromatic N) is 3. The summed E-state index contributed by atoms with van der Waals surface area (Å²) in [5, 5.41) is 3.59. The SMILES string of the molecule is Cc1ncsc1CNc1ncnc(Cl)c1Br. The molecular weight excluding hydrogens is 312 g/mol. The first-order chi connectivity index (χ1) is 7.68. The molecule has 16 heavy (non-hydrogen) atoms. The number of hydrogen-bond acceptors (Lipinski definition) is 5. The Hall–Kier alpha value is -0.720. The molecule has 0 saturated carbocycles. The topological polar surface area (TPSA) is 50.7 Å². The second-order valence-corrected chi connectivity index (χ2v) is 5.13. The van der Waals surface area contributed by atoms with Gasteiger partial charge in [0.25, 0.3) is 0 Å². The molecule has 2 aromatic heterocycles. The lowest BCUT2D eigenvalue weighted by Crippen LogP contribution is -2.02. The Kier molecular flexibility index (Phi) is 3.73. The summed E-state index contributed by atoms with van der Waals surface area (Å²) in [6.45, 7) is 2.66. The Labute approximate surface area is 110 Å². The Morgan fingerprint density at radius 1 is 1.44 bits per heavy atom. The number of aromatic nitrogens is 3. The van der Waals surface area contributed by atoms with E-state index in [1.165, 1.54) is 11.2 Å². The van der Waals surface area contributed by atoms with Crippen LogP contribution in [0, 0.1) is 6.92 Å². The van der Waals surface area contributed by atoms with Crippen LogP contribution in [0.25, 0.3) is 0 Å². The van der Waals surface area contributed by atoms with E-state index < -0.39 is 0 Å². The lowest BCUT2D eigenvalue weighted by molar-refractivity contribution is 1.07. The van der Waals surface area contributed by atoms with Crippen LogP contribution < -0.4 is 5.32 Å². The molecule has 84 valence electrons. The summed E-state index contributed by atoms with van der Waals surface area (Å²) in [7, 11) is 0. The van der Waals surface area contributed by atoms with Crippen LogP contribution in [0.4, 0.5) is 5.82 Å². The first kappa shape index (κ1) is 11.8. The van der Waals surface area contributed by atoms with Crippen molar-refractivity contribution in [2.75, 3.05) is 5.32 Å². The zero-order valence-electron chi connectivity index (χ0n) is 8.37. The minimum absolute atomic E-state index is 0.401. The van der Waals surface area contributed by atoms with Gasteiger partial charge < -0.3 is 5.32 Å². The van der Waals surface area contributed by atoms with Gasteiger partial charge >= 0.3 is 0 Å². The van der Waals surface area contributed by atoms with Crippen LogP contribution in [0.5, 0.6) is 0 Å². The lowest BCUT2D eigenvalue weighted by atomic mass is 10.4. The molecule has 2 aromatic rings. The third-order valence-electron chi connectivity index (χ3n) is 2.01. The van der Waals surface area contributed by atoms with Gasteiger partial charge in [0.2, 0.25) is 0 Å². The van der Waals surface area contributed by atoms with Crippen molar-refractivity contribution in [1.82, 2.24) is 15.0 Å². The van der Waals surface area contributed by atoms with Crippen molar-refractivity contribution in [2.24, 2.45) is 0 Å². The number of thiazole rings is 1. The van der Waals surface area contributed by atoms with Gasteiger partial charge in [-0.05, 0) is 22.9 Å². The number of rotatable bonds is 3. The van der Waals surface area contributed by atoms with Gasteiger partial charge in [-0.2, -0.15) is 0 Å². The molecule has 2 rings (SSSR count). The molecule has 0 saturated heterocycles. The van der Waals surface area contributed by atoms with E-state index in [0.29, 0.717) is 22.0 Å².